The first kappa shape index (κ1) is 14.6. The molecular formula is C16H28O. The van der Waals surface area contributed by atoms with Crippen LogP contribution in [-0.4, -0.2) is 11.7 Å². The van der Waals surface area contributed by atoms with Crippen molar-refractivity contribution in [3.8, 4) is 11.8 Å². The van der Waals surface area contributed by atoms with Crippen LogP contribution in [-0.2, 0) is 0 Å². The van der Waals surface area contributed by atoms with Gasteiger partial charge in [0.25, 0.3) is 0 Å². The SMILES string of the molecule is CC(C)(C)C#CC[C@@H]1CCC[C@@](C)(CCO)C1. The smallest absolute Gasteiger partial charge is 0.0436 e. The van der Waals surface area contributed by atoms with Crippen molar-refractivity contribution in [3.05, 3.63) is 0 Å². The van der Waals surface area contributed by atoms with E-state index in [9.17, 15) is 0 Å². The summed E-state index contributed by atoms with van der Waals surface area (Å²) in [5, 5.41) is 9.12. The third-order valence-corrected chi connectivity index (χ3v) is 3.74. The van der Waals surface area contributed by atoms with Gasteiger partial charge in [-0.15, -0.1) is 5.92 Å². The fourth-order valence-electron chi connectivity index (χ4n) is 2.85. The summed E-state index contributed by atoms with van der Waals surface area (Å²) in [5.41, 5.74) is 0.490. The molecule has 0 aromatic carbocycles. The Balaban J connectivity index is 2.47. The summed E-state index contributed by atoms with van der Waals surface area (Å²) < 4.78 is 0. The van der Waals surface area contributed by atoms with E-state index in [1.165, 1.54) is 25.7 Å². The molecule has 2 atom stereocenters. The Kier molecular flexibility index (Phi) is 5.07. The van der Waals surface area contributed by atoms with Gasteiger partial charge in [0.15, 0.2) is 0 Å². The highest BCUT2D eigenvalue weighted by atomic mass is 16.3. The van der Waals surface area contributed by atoms with Crippen molar-refractivity contribution in [1.29, 1.82) is 0 Å². The molecule has 1 rings (SSSR count). The van der Waals surface area contributed by atoms with Crippen molar-refractivity contribution >= 4 is 0 Å². The lowest BCUT2D eigenvalue weighted by atomic mass is 9.68. The van der Waals surface area contributed by atoms with E-state index < -0.39 is 0 Å². The molecule has 1 fully saturated rings. The lowest BCUT2D eigenvalue weighted by Gasteiger charge is -2.37. The van der Waals surface area contributed by atoms with Crippen molar-refractivity contribution in [2.75, 3.05) is 6.61 Å². The fraction of sp³-hybridized carbons (Fsp3) is 0.875. The predicted octanol–water partition coefficient (Wildman–Crippen LogP) is 4.00. The molecule has 17 heavy (non-hydrogen) atoms. The Morgan fingerprint density at radius 3 is 2.65 bits per heavy atom. The minimum Gasteiger partial charge on any atom is -0.396 e. The molecule has 1 aliphatic rings. The first-order valence-corrected chi connectivity index (χ1v) is 6.96. The molecule has 0 saturated heterocycles. The molecule has 0 aromatic heterocycles. The Morgan fingerprint density at radius 1 is 1.35 bits per heavy atom. The van der Waals surface area contributed by atoms with Crippen LogP contribution in [0.2, 0.25) is 0 Å². The van der Waals surface area contributed by atoms with Crippen molar-refractivity contribution in [2.24, 2.45) is 16.7 Å². The molecule has 1 heteroatoms. The quantitative estimate of drug-likeness (QED) is 0.734. The molecule has 1 N–H and O–H groups in total. The van der Waals surface area contributed by atoms with Crippen LogP contribution in [0.25, 0.3) is 0 Å². The largest absolute Gasteiger partial charge is 0.396 e. The number of aliphatic hydroxyl groups is 1. The van der Waals surface area contributed by atoms with Gasteiger partial charge in [0.1, 0.15) is 0 Å². The van der Waals surface area contributed by atoms with Crippen molar-refractivity contribution < 1.29 is 5.11 Å². The van der Waals surface area contributed by atoms with Gasteiger partial charge < -0.3 is 5.11 Å². The molecule has 0 unspecified atom stereocenters. The topological polar surface area (TPSA) is 20.2 Å². The molecule has 1 saturated carbocycles. The Labute approximate surface area is 107 Å². The molecule has 98 valence electrons. The van der Waals surface area contributed by atoms with Crippen LogP contribution in [0.5, 0.6) is 0 Å². The van der Waals surface area contributed by atoms with Crippen LogP contribution in [0, 0.1) is 28.6 Å². The minimum atomic E-state index is 0.128. The summed E-state index contributed by atoms with van der Waals surface area (Å²) in [5.74, 6) is 7.44. The zero-order valence-corrected chi connectivity index (χ0v) is 12.0. The van der Waals surface area contributed by atoms with Gasteiger partial charge in [0.05, 0.1) is 0 Å². The maximum Gasteiger partial charge on any atom is 0.0436 e. The second-order valence-corrected chi connectivity index (χ2v) is 7.00. The van der Waals surface area contributed by atoms with Gasteiger partial charge in [-0.1, -0.05) is 19.3 Å². The Morgan fingerprint density at radius 2 is 2.06 bits per heavy atom. The van der Waals surface area contributed by atoms with Crippen LogP contribution >= 0.6 is 0 Å². The van der Waals surface area contributed by atoms with Gasteiger partial charge in [-0.25, -0.2) is 0 Å². The fourth-order valence-corrected chi connectivity index (χ4v) is 2.85. The maximum atomic E-state index is 9.12. The van der Waals surface area contributed by atoms with Crippen LogP contribution in [0.3, 0.4) is 0 Å². The molecule has 1 aliphatic carbocycles. The molecule has 0 aliphatic heterocycles. The van der Waals surface area contributed by atoms with E-state index in [4.69, 9.17) is 5.11 Å². The molecule has 0 heterocycles. The standard InChI is InChI=1S/C16H28O/c1-15(2,3)9-5-7-14-8-6-10-16(4,13-14)11-12-17/h14,17H,6-8,10-13H2,1-4H3/t14-,16+/m1/s1. The minimum absolute atomic E-state index is 0.128. The number of hydrogen-bond donors (Lipinski definition) is 1. The molecule has 0 radical (unpaired) electrons. The van der Waals surface area contributed by atoms with E-state index in [1.54, 1.807) is 0 Å². The van der Waals surface area contributed by atoms with E-state index in [-0.39, 0.29) is 5.41 Å². The Hall–Kier alpha value is -0.480. The molecule has 0 spiro atoms. The zero-order chi connectivity index (χ0) is 12.9. The number of hydrogen-bond acceptors (Lipinski definition) is 1. The van der Waals surface area contributed by atoms with Crippen molar-refractivity contribution in [2.45, 2.75) is 66.2 Å². The monoisotopic (exact) mass is 236 g/mol. The summed E-state index contributed by atoms with van der Waals surface area (Å²) in [6.07, 6.45) is 7.13. The lowest BCUT2D eigenvalue weighted by Crippen LogP contribution is -2.26. The van der Waals surface area contributed by atoms with E-state index in [0.29, 0.717) is 12.0 Å². The predicted molar refractivity (Wildman–Crippen MR) is 73.6 cm³/mol. The maximum absolute atomic E-state index is 9.12. The summed E-state index contributed by atoms with van der Waals surface area (Å²) in [6.45, 7) is 9.15. The normalized spacial score (nSPS) is 29.6. The average Bonchev–Trinajstić information content (AvgIpc) is 2.15. The summed E-state index contributed by atoms with van der Waals surface area (Å²) >= 11 is 0. The third kappa shape index (κ3) is 5.59. The second-order valence-electron chi connectivity index (χ2n) is 7.00. The first-order chi connectivity index (χ1) is 7.85. The highest BCUT2D eigenvalue weighted by Gasteiger charge is 2.31. The zero-order valence-electron chi connectivity index (χ0n) is 12.0. The van der Waals surface area contributed by atoms with Gasteiger partial charge in [-0.2, -0.15) is 0 Å². The van der Waals surface area contributed by atoms with Gasteiger partial charge >= 0.3 is 0 Å². The van der Waals surface area contributed by atoms with E-state index in [0.717, 1.165) is 18.8 Å². The van der Waals surface area contributed by atoms with E-state index in [2.05, 4.69) is 39.5 Å². The van der Waals surface area contributed by atoms with Gasteiger partial charge in [-0.3, -0.25) is 0 Å². The van der Waals surface area contributed by atoms with Crippen LogP contribution in [0.4, 0.5) is 0 Å². The third-order valence-electron chi connectivity index (χ3n) is 3.74. The van der Waals surface area contributed by atoms with Crippen LogP contribution in [0.1, 0.15) is 66.2 Å². The first-order valence-electron chi connectivity index (χ1n) is 6.96. The Bertz CT molecular complexity index is 285. The summed E-state index contributed by atoms with van der Waals surface area (Å²) in [4.78, 5) is 0. The van der Waals surface area contributed by atoms with Crippen molar-refractivity contribution in [1.82, 2.24) is 0 Å². The highest BCUT2D eigenvalue weighted by Crippen LogP contribution is 2.42. The second kappa shape index (κ2) is 5.91. The van der Waals surface area contributed by atoms with Crippen LogP contribution in [0.15, 0.2) is 0 Å². The number of rotatable bonds is 3. The van der Waals surface area contributed by atoms with Crippen LogP contribution < -0.4 is 0 Å². The van der Waals surface area contributed by atoms with E-state index in [1.807, 2.05) is 0 Å². The van der Waals surface area contributed by atoms with Crippen molar-refractivity contribution in [3.63, 3.8) is 0 Å². The molecule has 0 amide bonds. The van der Waals surface area contributed by atoms with E-state index >= 15 is 0 Å². The average molecular weight is 236 g/mol. The molecular weight excluding hydrogens is 208 g/mol. The summed E-state index contributed by atoms with van der Waals surface area (Å²) in [7, 11) is 0. The lowest BCUT2D eigenvalue weighted by molar-refractivity contribution is 0.116. The highest BCUT2D eigenvalue weighted by molar-refractivity contribution is 5.08. The van der Waals surface area contributed by atoms with Gasteiger partial charge in [0, 0.05) is 18.4 Å². The summed E-state index contributed by atoms with van der Waals surface area (Å²) in [6, 6.07) is 0. The molecule has 1 nitrogen and oxygen atoms in total. The van der Waals surface area contributed by atoms with Gasteiger partial charge in [0.2, 0.25) is 0 Å². The molecule has 0 bridgehead atoms. The molecule has 0 aromatic rings. The number of aliphatic hydroxyl groups excluding tert-OH is 1. The van der Waals surface area contributed by atoms with Gasteiger partial charge in [-0.05, 0) is 57.8 Å².